The van der Waals surface area contributed by atoms with Gasteiger partial charge in [-0.2, -0.15) is 0 Å². The van der Waals surface area contributed by atoms with Gasteiger partial charge in [0.25, 0.3) is 0 Å². The Morgan fingerprint density at radius 3 is 2.40 bits per heavy atom. The largest absolute Gasteiger partial charge is 0.490 e. The second-order valence-corrected chi connectivity index (χ2v) is 18.1. The van der Waals surface area contributed by atoms with Crippen LogP contribution in [0.25, 0.3) is 11.1 Å². The summed E-state index contributed by atoms with van der Waals surface area (Å²) < 4.78 is 65.9. The summed E-state index contributed by atoms with van der Waals surface area (Å²) in [7, 11) is -9.44. The molecule has 55 heavy (non-hydrogen) atoms. The number of ether oxygens (including phenoxy) is 2. The molecule has 2 aliphatic rings. The Labute approximate surface area is 325 Å². The number of rotatable bonds is 22. The van der Waals surface area contributed by atoms with Crippen LogP contribution in [0.5, 0.6) is 5.75 Å². The number of aliphatic hydroxyl groups excluding tert-OH is 1. The molecule has 5 rings (SSSR count). The van der Waals surface area contributed by atoms with E-state index in [9.17, 15) is 42.1 Å². The first-order chi connectivity index (χ1) is 26.0. The highest BCUT2D eigenvalue weighted by Gasteiger charge is 2.62. The highest BCUT2D eigenvalue weighted by molar-refractivity contribution is 7.92. The first kappa shape index (κ1) is 42.9. The van der Waals surface area contributed by atoms with Gasteiger partial charge < -0.3 is 35.0 Å². The Bertz CT molecular complexity index is 2040. The van der Waals surface area contributed by atoms with Crippen LogP contribution >= 0.6 is 11.6 Å². The van der Waals surface area contributed by atoms with Gasteiger partial charge in [-0.3, -0.25) is 14.7 Å². The molecule has 3 aromatic rings. The lowest BCUT2D eigenvalue weighted by Crippen LogP contribution is -2.69. The third-order valence-corrected chi connectivity index (χ3v) is 13.0. The molecule has 0 spiro atoms. The lowest BCUT2D eigenvalue weighted by molar-refractivity contribution is -0.369. The van der Waals surface area contributed by atoms with E-state index in [-0.39, 0.29) is 48.3 Å². The number of carbonyl (C=O) groups is 1. The standard InChI is InChI=1S/C37H48ClN3O12S2/c1-2-3-4-11-34(43)41(36(44,45)37(46,47)54(48,49)25-42)21-8-7-19-40-55(50,51)28-14-15-32(38)26(22-28)24-52-35(17-18-35)31-23-39-20-16-29(31)30-9-5-6-10-33(30)53-27-12-13-27/h5-6,9-10,14-16,20,22-23,27,40,42,44-47H,2-4,7-8,11-13,17-19,21,24-25H2,1H3. The number of amides is 1. The summed E-state index contributed by atoms with van der Waals surface area (Å²) in [5.41, 5.74) is 2.54. The molecule has 0 unspecified atom stereocenters. The number of halogens is 1. The summed E-state index contributed by atoms with van der Waals surface area (Å²) in [6.45, 7) is 1.09. The van der Waals surface area contributed by atoms with E-state index in [4.69, 9.17) is 26.2 Å². The molecule has 2 aliphatic carbocycles. The average Bonchev–Trinajstić information content (AvgIpc) is 4.10. The highest BCUT2D eigenvalue weighted by atomic mass is 35.5. The highest BCUT2D eigenvalue weighted by Crippen LogP contribution is 2.53. The van der Waals surface area contributed by atoms with Crippen LogP contribution in [0.15, 0.2) is 65.8 Å². The van der Waals surface area contributed by atoms with Crippen LogP contribution in [-0.4, -0.2) is 94.3 Å². The number of carbonyl (C=O) groups excluding carboxylic acids is 1. The van der Waals surface area contributed by atoms with Gasteiger partial charge in [-0.05, 0) is 86.4 Å². The molecule has 302 valence electrons. The Morgan fingerprint density at radius 1 is 1.00 bits per heavy atom. The lowest BCUT2D eigenvalue weighted by Gasteiger charge is -2.41. The fraction of sp³-hybridized carbons (Fsp3) is 0.514. The SMILES string of the molecule is CCCCCC(=O)N(CCCCNS(=O)(=O)c1ccc(Cl)c(COC2(c3cnccc3-c3ccccc3OC3CC3)CC2)c1)C(O)(O)C(O)(O)S(=O)(=O)CO. The van der Waals surface area contributed by atoms with E-state index in [0.29, 0.717) is 29.8 Å². The molecule has 15 nitrogen and oxygen atoms in total. The maximum Gasteiger partial charge on any atom is 0.348 e. The zero-order chi connectivity index (χ0) is 40.1. The van der Waals surface area contributed by atoms with Crippen molar-refractivity contribution in [1.29, 1.82) is 0 Å². The molecule has 1 amide bonds. The van der Waals surface area contributed by atoms with Crippen LogP contribution in [0.3, 0.4) is 0 Å². The molecule has 1 aromatic heterocycles. The summed E-state index contributed by atoms with van der Waals surface area (Å²) in [4.78, 5) is 17.4. The zero-order valence-corrected chi connectivity index (χ0v) is 32.8. The van der Waals surface area contributed by atoms with E-state index in [1.807, 2.05) is 37.3 Å². The number of pyridine rings is 1. The van der Waals surface area contributed by atoms with Gasteiger partial charge in [0.05, 0.1) is 23.2 Å². The number of unbranched alkanes of at least 4 members (excludes halogenated alkanes) is 3. The van der Waals surface area contributed by atoms with Crippen molar-refractivity contribution >= 4 is 37.4 Å². The van der Waals surface area contributed by atoms with Gasteiger partial charge in [0.1, 0.15) is 5.75 Å². The van der Waals surface area contributed by atoms with Crippen molar-refractivity contribution in [3.05, 3.63) is 77.1 Å². The number of sulfone groups is 1. The Balaban J connectivity index is 1.23. The van der Waals surface area contributed by atoms with Crippen LogP contribution in [0.2, 0.25) is 5.02 Å². The summed E-state index contributed by atoms with van der Waals surface area (Å²) in [5, 5.41) is 46.6. The third-order valence-electron chi connectivity index (χ3n) is 9.66. The average molecular weight is 826 g/mol. The molecule has 0 bridgehead atoms. The minimum atomic E-state index is -5.34. The van der Waals surface area contributed by atoms with E-state index < -0.39 is 54.9 Å². The number of nitrogens with one attached hydrogen (secondary N) is 1. The molecule has 0 radical (unpaired) electrons. The van der Waals surface area contributed by atoms with Gasteiger partial charge >= 0.3 is 11.0 Å². The topological polar surface area (TPSA) is 233 Å². The fourth-order valence-electron chi connectivity index (χ4n) is 6.07. The van der Waals surface area contributed by atoms with Crippen molar-refractivity contribution in [3.8, 4) is 16.9 Å². The molecule has 0 atom stereocenters. The van der Waals surface area contributed by atoms with Crippen molar-refractivity contribution in [2.75, 3.05) is 19.0 Å². The van der Waals surface area contributed by atoms with Gasteiger partial charge in [-0.1, -0.05) is 49.6 Å². The summed E-state index contributed by atoms with van der Waals surface area (Å²) in [6, 6.07) is 14.0. The summed E-state index contributed by atoms with van der Waals surface area (Å²) in [6.07, 6.45) is 8.41. The lowest BCUT2D eigenvalue weighted by atomic mass is 9.96. The summed E-state index contributed by atoms with van der Waals surface area (Å²) >= 11 is 6.51. The van der Waals surface area contributed by atoms with Crippen LogP contribution in [0, 0.1) is 0 Å². The third kappa shape index (κ3) is 9.84. The smallest absolute Gasteiger partial charge is 0.348 e. The number of aromatic nitrogens is 1. The maximum atomic E-state index is 13.3. The molecule has 2 aromatic carbocycles. The van der Waals surface area contributed by atoms with E-state index in [1.165, 1.54) is 18.2 Å². The number of aliphatic hydroxyl groups is 5. The van der Waals surface area contributed by atoms with Gasteiger partial charge in [0.15, 0.2) is 5.94 Å². The number of benzene rings is 2. The molecular weight excluding hydrogens is 778 g/mol. The first-order valence-corrected chi connectivity index (χ1v) is 21.7. The second kappa shape index (κ2) is 17.5. The van der Waals surface area contributed by atoms with Crippen LogP contribution < -0.4 is 9.46 Å². The molecule has 2 fully saturated rings. The van der Waals surface area contributed by atoms with Gasteiger partial charge in [0, 0.05) is 48.1 Å². The number of nitrogens with zero attached hydrogens (tertiary/aromatic N) is 2. The zero-order valence-electron chi connectivity index (χ0n) is 30.4. The number of para-hydroxylation sites is 1. The van der Waals surface area contributed by atoms with Crippen molar-refractivity contribution in [2.24, 2.45) is 0 Å². The molecule has 6 N–H and O–H groups in total. The molecule has 0 saturated heterocycles. The van der Waals surface area contributed by atoms with Crippen molar-refractivity contribution in [2.45, 2.75) is 105 Å². The Kier molecular flexibility index (Phi) is 13.7. The monoisotopic (exact) mass is 825 g/mol. The summed E-state index contributed by atoms with van der Waals surface area (Å²) in [5.74, 6) is -6.09. The van der Waals surface area contributed by atoms with Crippen LogP contribution in [0.1, 0.15) is 82.3 Å². The predicted octanol–water partition coefficient (Wildman–Crippen LogP) is 3.26. The maximum absolute atomic E-state index is 13.3. The predicted molar refractivity (Wildman–Crippen MR) is 201 cm³/mol. The minimum absolute atomic E-state index is 0.00610. The number of hydrogen-bond acceptors (Lipinski definition) is 13. The van der Waals surface area contributed by atoms with Crippen LogP contribution in [-0.2, 0) is 41.6 Å². The quantitative estimate of drug-likeness (QED) is 0.0632. The van der Waals surface area contributed by atoms with Gasteiger partial charge in [-0.25, -0.2) is 21.6 Å². The molecule has 2 saturated carbocycles. The van der Waals surface area contributed by atoms with E-state index in [1.54, 1.807) is 12.4 Å². The van der Waals surface area contributed by atoms with Gasteiger partial charge in [-0.15, -0.1) is 0 Å². The normalized spacial score (nSPS) is 15.8. The first-order valence-electron chi connectivity index (χ1n) is 18.2. The number of sulfonamides is 1. The van der Waals surface area contributed by atoms with Crippen molar-refractivity contribution in [3.63, 3.8) is 0 Å². The van der Waals surface area contributed by atoms with Crippen LogP contribution in [0.4, 0.5) is 0 Å². The fourth-order valence-corrected chi connectivity index (χ4v) is 8.08. The number of hydrogen-bond donors (Lipinski definition) is 6. The molecular formula is C37H48ClN3O12S2. The minimum Gasteiger partial charge on any atom is -0.490 e. The molecule has 18 heteroatoms. The molecule has 1 heterocycles. The second-order valence-electron chi connectivity index (χ2n) is 13.9. The Morgan fingerprint density at radius 2 is 1.73 bits per heavy atom. The molecule has 0 aliphatic heterocycles. The van der Waals surface area contributed by atoms with Crippen molar-refractivity contribution in [1.82, 2.24) is 14.6 Å². The van der Waals surface area contributed by atoms with Gasteiger partial charge in [0.2, 0.25) is 25.8 Å². The van der Waals surface area contributed by atoms with E-state index >= 15 is 0 Å². The van der Waals surface area contributed by atoms with Crippen molar-refractivity contribution < 1.29 is 56.6 Å². The Hall–Kier alpha value is -3.23. The van der Waals surface area contributed by atoms with E-state index in [2.05, 4.69) is 9.71 Å². The van der Waals surface area contributed by atoms with E-state index in [0.717, 1.165) is 48.1 Å².